The molecule has 1 aliphatic rings. The third-order valence-electron chi connectivity index (χ3n) is 6.31. The Hall–Kier alpha value is -2.61. The maximum atomic E-state index is 5.24. The van der Waals surface area contributed by atoms with E-state index in [0.29, 0.717) is 13.2 Å². The number of piperazine rings is 1. The first kappa shape index (κ1) is 22.6. The monoisotopic (exact) mass is 434 g/mol. The van der Waals surface area contributed by atoms with Crippen molar-refractivity contribution in [2.24, 2.45) is 0 Å². The fourth-order valence-corrected chi connectivity index (χ4v) is 4.73. The van der Waals surface area contributed by atoms with Gasteiger partial charge in [0.1, 0.15) is 0 Å². The van der Waals surface area contributed by atoms with Gasteiger partial charge in [0.15, 0.2) is 5.82 Å². The summed E-state index contributed by atoms with van der Waals surface area (Å²) in [5.41, 5.74) is 2.70. The molecule has 0 aliphatic carbocycles. The van der Waals surface area contributed by atoms with Crippen molar-refractivity contribution >= 4 is 0 Å². The third-order valence-corrected chi connectivity index (χ3v) is 6.31. The molecule has 7 nitrogen and oxygen atoms in total. The molecule has 1 aliphatic heterocycles. The van der Waals surface area contributed by atoms with Crippen molar-refractivity contribution in [2.45, 2.75) is 38.4 Å². The average Bonchev–Trinajstić information content (AvgIpc) is 3.31. The zero-order valence-corrected chi connectivity index (χ0v) is 19.2. The summed E-state index contributed by atoms with van der Waals surface area (Å²) >= 11 is 0. The summed E-state index contributed by atoms with van der Waals surface area (Å²) in [6.45, 7) is 7.54. The lowest BCUT2D eigenvalue weighted by atomic mass is 9.96. The fourth-order valence-electron chi connectivity index (χ4n) is 4.73. The smallest absolute Gasteiger partial charge is 0.168 e. The van der Waals surface area contributed by atoms with E-state index in [-0.39, 0.29) is 12.1 Å². The Morgan fingerprint density at radius 2 is 1.47 bits per heavy atom. The van der Waals surface area contributed by atoms with Crippen LogP contribution in [0.5, 0.6) is 0 Å². The van der Waals surface area contributed by atoms with Gasteiger partial charge in [-0.05, 0) is 28.0 Å². The highest BCUT2D eigenvalue weighted by atomic mass is 16.5. The number of tetrazole rings is 1. The Kier molecular flexibility index (Phi) is 7.98. The van der Waals surface area contributed by atoms with Crippen molar-refractivity contribution < 1.29 is 4.74 Å². The first-order chi connectivity index (χ1) is 15.8. The highest BCUT2D eigenvalue weighted by Gasteiger charge is 2.31. The number of methoxy groups -OCH3 is 1. The predicted molar refractivity (Wildman–Crippen MR) is 125 cm³/mol. The summed E-state index contributed by atoms with van der Waals surface area (Å²) in [6, 6.07) is 22.2. The van der Waals surface area contributed by atoms with Crippen LogP contribution in [0.2, 0.25) is 0 Å². The molecule has 0 unspecified atom stereocenters. The summed E-state index contributed by atoms with van der Waals surface area (Å²) in [4.78, 5) is 5.17. The lowest BCUT2D eigenvalue weighted by Gasteiger charge is -2.42. The molecule has 170 valence electrons. The van der Waals surface area contributed by atoms with Gasteiger partial charge in [-0.1, -0.05) is 74.0 Å². The van der Waals surface area contributed by atoms with Crippen LogP contribution in [-0.4, -0.2) is 69.9 Å². The third kappa shape index (κ3) is 5.23. The summed E-state index contributed by atoms with van der Waals surface area (Å²) in [6.07, 6.45) is 2.15. The number of benzene rings is 2. The van der Waals surface area contributed by atoms with Gasteiger partial charge in [-0.2, -0.15) is 0 Å². The Balaban J connectivity index is 1.50. The molecule has 1 atom stereocenters. The minimum absolute atomic E-state index is 0.237. The van der Waals surface area contributed by atoms with E-state index in [1.807, 2.05) is 4.68 Å². The molecule has 1 fully saturated rings. The highest BCUT2D eigenvalue weighted by Crippen LogP contribution is 2.32. The molecule has 0 amide bonds. The summed E-state index contributed by atoms with van der Waals surface area (Å²) in [5.74, 6) is 0.958. The number of aromatic nitrogens is 4. The Morgan fingerprint density at radius 3 is 2.03 bits per heavy atom. The SMILES string of the molecule is CCC[C@H](c1nnnn1CCOC)N1CCN(C(c2ccccc2)c2ccccc2)CC1. The summed E-state index contributed by atoms with van der Waals surface area (Å²) in [5, 5.41) is 12.6. The van der Waals surface area contributed by atoms with Crippen molar-refractivity contribution in [2.75, 3.05) is 39.9 Å². The number of nitrogens with zero attached hydrogens (tertiary/aromatic N) is 6. The van der Waals surface area contributed by atoms with Gasteiger partial charge >= 0.3 is 0 Å². The molecule has 0 spiro atoms. The predicted octanol–water partition coefficient (Wildman–Crippen LogP) is 3.57. The van der Waals surface area contributed by atoms with E-state index in [4.69, 9.17) is 4.74 Å². The lowest BCUT2D eigenvalue weighted by Crippen LogP contribution is -2.49. The molecule has 4 rings (SSSR count). The van der Waals surface area contributed by atoms with Gasteiger partial charge in [-0.3, -0.25) is 9.80 Å². The largest absolute Gasteiger partial charge is 0.383 e. The van der Waals surface area contributed by atoms with Gasteiger partial charge in [0, 0.05) is 33.3 Å². The zero-order chi connectivity index (χ0) is 22.2. The molecule has 0 saturated carbocycles. The second-order valence-electron chi connectivity index (χ2n) is 8.35. The molecular weight excluding hydrogens is 400 g/mol. The maximum Gasteiger partial charge on any atom is 0.168 e. The van der Waals surface area contributed by atoms with Gasteiger partial charge in [0.05, 0.1) is 25.2 Å². The van der Waals surface area contributed by atoms with E-state index in [2.05, 4.69) is 92.9 Å². The van der Waals surface area contributed by atoms with Crippen LogP contribution in [0, 0.1) is 0 Å². The minimum atomic E-state index is 0.237. The van der Waals surface area contributed by atoms with Gasteiger partial charge in [-0.25, -0.2) is 4.68 Å². The quantitative estimate of drug-likeness (QED) is 0.486. The second-order valence-corrected chi connectivity index (χ2v) is 8.35. The molecule has 0 bridgehead atoms. The molecule has 0 N–H and O–H groups in total. The fraction of sp³-hybridized carbons (Fsp3) is 0.480. The van der Waals surface area contributed by atoms with Crippen LogP contribution >= 0.6 is 0 Å². The second kappa shape index (κ2) is 11.3. The Bertz CT molecular complexity index is 884. The van der Waals surface area contributed by atoms with Gasteiger partial charge in [-0.15, -0.1) is 5.10 Å². The number of hydrogen-bond donors (Lipinski definition) is 0. The Morgan fingerprint density at radius 1 is 0.875 bits per heavy atom. The molecule has 2 heterocycles. The average molecular weight is 435 g/mol. The first-order valence-electron chi connectivity index (χ1n) is 11.6. The molecule has 1 saturated heterocycles. The van der Waals surface area contributed by atoms with E-state index >= 15 is 0 Å². The molecular formula is C25H34N6O. The van der Waals surface area contributed by atoms with Crippen LogP contribution in [0.3, 0.4) is 0 Å². The van der Waals surface area contributed by atoms with Crippen molar-refractivity contribution in [3.8, 4) is 0 Å². The van der Waals surface area contributed by atoms with E-state index < -0.39 is 0 Å². The number of hydrogen-bond acceptors (Lipinski definition) is 6. The van der Waals surface area contributed by atoms with E-state index in [0.717, 1.165) is 44.8 Å². The van der Waals surface area contributed by atoms with Crippen LogP contribution in [0.15, 0.2) is 60.7 Å². The molecule has 3 aromatic rings. The van der Waals surface area contributed by atoms with E-state index in [1.165, 1.54) is 11.1 Å². The van der Waals surface area contributed by atoms with Crippen LogP contribution in [0.4, 0.5) is 0 Å². The standard InChI is InChI=1S/C25H34N6O/c1-3-10-23(25-26-27-28-31(25)19-20-32-2)29-15-17-30(18-16-29)24(21-11-6-4-7-12-21)22-13-8-5-9-14-22/h4-9,11-14,23-24H,3,10,15-20H2,1-2H3/t23-/m1/s1. The molecule has 2 aromatic carbocycles. The van der Waals surface area contributed by atoms with Crippen LogP contribution in [0.25, 0.3) is 0 Å². The lowest BCUT2D eigenvalue weighted by molar-refractivity contribution is 0.0692. The van der Waals surface area contributed by atoms with Crippen molar-refractivity contribution in [3.63, 3.8) is 0 Å². The number of rotatable bonds is 10. The minimum Gasteiger partial charge on any atom is -0.383 e. The summed E-state index contributed by atoms with van der Waals surface area (Å²) in [7, 11) is 1.71. The Labute approximate surface area is 191 Å². The number of ether oxygens (including phenoxy) is 1. The van der Waals surface area contributed by atoms with E-state index in [9.17, 15) is 0 Å². The highest BCUT2D eigenvalue weighted by molar-refractivity contribution is 5.32. The van der Waals surface area contributed by atoms with Gasteiger partial charge < -0.3 is 4.74 Å². The van der Waals surface area contributed by atoms with Crippen molar-refractivity contribution in [1.82, 2.24) is 30.0 Å². The maximum absolute atomic E-state index is 5.24. The molecule has 1 aromatic heterocycles. The summed E-state index contributed by atoms with van der Waals surface area (Å²) < 4.78 is 7.15. The molecule has 32 heavy (non-hydrogen) atoms. The van der Waals surface area contributed by atoms with Gasteiger partial charge in [0.2, 0.25) is 0 Å². The van der Waals surface area contributed by atoms with Gasteiger partial charge in [0.25, 0.3) is 0 Å². The van der Waals surface area contributed by atoms with Crippen LogP contribution in [0.1, 0.15) is 48.8 Å². The normalized spacial score (nSPS) is 16.5. The van der Waals surface area contributed by atoms with Crippen LogP contribution in [-0.2, 0) is 11.3 Å². The zero-order valence-electron chi connectivity index (χ0n) is 19.2. The molecule has 0 radical (unpaired) electrons. The van der Waals surface area contributed by atoms with E-state index in [1.54, 1.807) is 7.11 Å². The van der Waals surface area contributed by atoms with Crippen LogP contribution < -0.4 is 0 Å². The van der Waals surface area contributed by atoms with Crippen molar-refractivity contribution in [3.05, 3.63) is 77.6 Å². The van der Waals surface area contributed by atoms with Crippen molar-refractivity contribution in [1.29, 1.82) is 0 Å². The first-order valence-corrected chi connectivity index (χ1v) is 11.6. The molecule has 7 heteroatoms. The topological polar surface area (TPSA) is 59.3 Å².